The Bertz CT molecular complexity index is 908. The second-order valence-electron chi connectivity index (χ2n) is 9.41. The van der Waals surface area contributed by atoms with Gasteiger partial charge in [-0.15, -0.1) is 0 Å². The van der Waals surface area contributed by atoms with Crippen molar-refractivity contribution in [3.05, 3.63) is 22.2 Å². The van der Waals surface area contributed by atoms with Crippen molar-refractivity contribution in [2.45, 2.75) is 70.1 Å². The molecule has 2 amide bonds. The number of nitrogens with one attached hydrogen (secondary N) is 2. The first kappa shape index (κ1) is 24.6. The molecule has 1 atom stereocenters. The van der Waals surface area contributed by atoms with E-state index in [1.165, 1.54) is 0 Å². The smallest absolute Gasteiger partial charge is 0.309 e. The van der Waals surface area contributed by atoms with Crippen LogP contribution in [-0.2, 0) is 19.1 Å². The fourth-order valence-corrected chi connectivity index (χ4v) is 4.39. The largest absolute Gasteiger partial charge is 0.460 e. The van der Waals surface area contributed by atoms with Crippen molar-refractivity contribution in [2.24, 2.45) is 0 Å². The average Bonchev–Trinajstić information content (AvgIpc) is 2.65. The Balaban J connectivity index is 1.63. The van der Waals surface area contributed by atoms with Crippen LogP contribution in [0.1, 0.15) is 52.9 Å². The van der Waals surface area contributed by atoms with Crippen LogP contribution in [0.2, 0.25) is 10.0 Å². The Morgan fingerprint density at radius 3 is 2.50 bits per heavy atom. The van der Waals surface area contributed by atoms with Crippen molar-refractivity contribution in [3.63, 3.8) is 0 Å². The summed E-state index contributed by atoms with van der Waals surface area (Å²) in [6.07, 6.45) is 1.35. The Morgan fingerprint density at radius 1 is 1.25 bits per heavy atom. The highest BCUT2D eigenvalue weighted by molar-refractivity contribution is 6.37. The van der Waals surface area contributed by atoms with Crippen molar-refractivity contribution in [1.82, 2.24) is 5.32 Å². The van der Waals surface area contributed by atoms with Crippen LogP contribution in [0.3, 0.4) is 0 Å². The molecule has 8 nitrogen and oxygen atoms in total. The van der Waals surface area contributed by atoms with Gasteiger partial charge in [0.1, 0.15) is 11.6 Å². The molecule has 10 heteroatoms. The molecular formula is C22H29Cl2N3O5. The summed E-state index contributed by atoms with van der Waals surface area (Å²) in [6, 6.07) is 2.81. The van der Waals surface area contributed by atoms with Gasteiger partial charge in [0.05, 0.1) is 33.4 Å². The molecule has 0 saturated carbocycles. The Labute approximate surface area is 197 Å². The number of benzene rings is 1. The molecule has 0 bridgehead atoms. The number of imide groups is 1. The second-order valence-corrected chi connectivity index (χ2v) is 10.2. The fourth-order valence-electron chi connectivity index (χ4n) is 3.90. The van der Waals surface area contributed by atoms with E-state index in [0.29, 0.717) is 53.8 Å². The van der Waals surface area contributed by atoms with Gasteiger partial charge in [0, 0.05) is 19.5 Å². The van der Waals surface area contributed by atoms with E-state index < -0.39 is 29.1 Å². The van der Waals surface area contributed by atoms with E-state index in [-0.39, 0.29) is 18.7 Å². The predicted octanol–water partition coefficient (Wildman–Crippen LogP) is 3.27. The van der Waals surface area contributed by atoms with Crippen LogP contribution in [0.5, 0.6) is 0 Å². The third-order valence-electron chi connectivity index (χ3n) is 5.53. The van der Waals surface area contributed by atoms with E-state index in [1.807, 2.05) is 4.90 Å². The summed E-state index contributed by atoms with van der Waals surface area (Å²) < 4.78 is 5.34. The molecule has 0 radical (unpaired) electrons. The molecule has 2 fully saturated rings. The Kier molecular flexibility index (Phi) is 7.27. The molecule has 2 aliphatic heterocycles. The zero-order valence-corrected chi connectivity index (χ0v) is 20.0. The Morgan fingerprint density at radius 2 is 1.91 bits per heavy atom. The zero-order valence-electron chi connectivity index (χ0n) is 18.5. The van der Waals surface area contributed by atoms with Gasteiger partial charge in [-0.25, -0.2) is 0 Å². The van der Waals surface area contributed by atoms with Crippen LogP contribution >= 0.6 is 23.2 Å². The van der Waals surface area contributed by atoms with Gasteiger partial charge in [-0.2, -0.15) is 0 Å². The molecule has 0 aliphatic carbocycles. The van der Waals surface area contributed by atoms with Gasteiger partial charge in [0.15, 0.2) is 0 Å². The SMILES string of the molecule is CC(C)(C)OC(=O)CC1(O)CCN(c2cc(Cl)c(NC3CCC(=O)NC3=O)cc2Cl)CC1. The number of nitrogens with zero attached hydrogens (tertiary/aromatic N) is 1. The third kappa shape index (κ3) is 6.27. The molecule has 2 saturated heterocycles. The highest BCUT2D eigenvalue weighted by atomic mass is 35.5. The van der Waals surface area contributed by atoms with Gasteiger partial charge in [-0.1, -0.05) is 23.2 Å². The van der Waals surface area contributed by atoms with E-state index in [1.54, 1.807) is 32.9 Å². The lowest BCUT2D eigenvalue weighted by atomic mass is 9.88. The molecule has 32 heavy (non-hydrogen) atoms. The van der Waals surface area contributed by atoms with Crippen molar-refractivity contribution in [1.29, 1.82) is 0 Å². The Hall–Kier alpha value is -2.03. The number of anilines is 2. The van der Waals surface area contributed by atoms with Gasteiger partial charge in [0.25, 0.3) is 0 Å². The van der Waals surface area contributed by atoms with Crippen LogP contribution in [-0.4, -0.2) is 53.2 Å². The normalized spacial score (nSPS) is 21.2. The molecule has 3 rings (SSSR count). The molecular weight excluding hydrogens is 457 g/mol. The van der Waals surface area contributed by atoms with Crippen LogP contribution in [0.15, 0.2) is 12.1 Å². The molecule has 1 aromatic rings. The minimum absolute atomic E-state index is 0.0542. The second kappa shape index (κ2) is 9.45. The summed E-state index contributed by atoms with van der Waals surface area (Å²) in [5, 5.41) is 17.0. The topological polar surface area (TPSA) is 108 Å². The van der Waals surface area contributed by atoms with Gasteiger partial charge < -0.3 is 20.1 Å². The molecule has 176 valence electrons. The number of esters is 1. The maximum Gasteiger partial charge on any atom is 0.309 e. The summed E-state index contributed by atoms with van der Waals surface area (Å²) >= 11 is 13.0. The monoisotopic (exact) mass is 485 g/mol. The summed E-state index contributed by atoms with van der Waals surface area (Å²) in [4.78, 5) is 37.5. The van der Waals surface area contributed by atoms with Crippen molar-refractivity contribution in [2.75, 3.05) is 23.3 Å². The summed E-state index contributed by atoms with van der Waals surface area (Å²) in [6.45, 7) is 6.37. The lowest BCUT2D eigenvalue weighted by Crippen LogP contribution is -2.47. The maximum atomic E-state index is 12.1. The van der Waals surface area contributed by atoms with Crippen LogP contribution < -0.4 is 15.5 Å². The van der Waals surface area contributed by atoms with Crippen molar-refractivity contribution in [3.8, 4) is 0 Å². The third-order valence-corrected chi connectivity index (χ3v) is 6.15. The molecule has 1 aromatic carbocycles. The van der Waals surface area contributed by atoms with E-state index in [2.05, 4.69) is 10.6 Å². The first-order chi connectivity index (χ1) is 14.8. The van der Waals surface area contributed by atoms with E-state index >= 15 is 0 Å². The van der Waals surface area contributed by atoms with Crippen LogP contribution in [0.25, 0.3) is 0 Å². The molecule has 1 unspecified atom stereocenters. The number of carbonyl (C=O) groups excluding carboxylic acids is 3. The predicted molar refractivity (Wildman–Crippen MR) is 123 cm³/mol. The number of carbonyl (C=O) groups is 3. The quantitative estimate of drug-likeness (QED) is 0.433. The number of hydrogen-bond donors (Lipinski definition) is 3. The maximum absolute atomic E-state index is 12.1. The molecule has 2 aliphatic rings. The van der Waals surface area contributed by atoms with Gasteiger partial charge >= 0.3 is 5.97 Å². The minimum Gasteiger partial charge on any atom is -0.460 e. The van der Waals surface area contributed by atoms with Gasteiger partial charge in [-0.05, 0) is 52.2 Å². The summed E-state index contributed by atoms with van der Waals surface area (Å²) in [5.74, 6) is -1.10. The van der Waals surface area contributed by atoms with Gasteiger partial charge in [-0.3, -0.25) is 19.7 Å². The molecule has 2 heterocycles. The number of hydrogen-bond acceptors (Lipinski definition) is 7. The number of ether oxygens (including phenoxy) is 1. The first-order valence-corrected chi connectivity index (χ1v) is 11.4. The first-order valence-electron chi connectivity index (χ1n) is 10.6. The lowest BCUT2D eigenvalue weighted by molar-refractivity contribution is -0.161. The van der Waals surface area contributed by atoms with E-state index in [9.17, 15) is 19.5 Å². The minimum atomic E-state index is -1.12. The number of aliphatic hydroxyl groups is 1. The highest BCUT2D eigenvalue weighted by Crippen LogP contribution is 2.38. The average molecular weight is 486 g/mol. The number of amides is 2. The molecule has 0 aromatic heterocycles. The number of rotatable bonds is 5. The fraction of sp³-hybridized carbons (Fsp3) is 0.591. The highest BCUT2D eigenvalue weighted by Gasteiger charge is 2.36. The van der Waals surface area contributed by atoms with Crippen molar-refractivity contribution < 1.29 is 24.2 Å². The number of piperidine rings is 2. The van der Waals surface area contributed by atoms with Gasteiger partial charge in [0.2, 0.25) is 11.8 Å². The van der Waals surface area contributed by atoms with Crippen molar-refractivity contribution >= 4 is 52.4 Å². The van der Waals surface area contributed by atoms with Crippen LogP contribution in [0, 0.1) is 0 Å². The standard InChI is InChI=1S/C22H29Cl2N3O5/c1-21(2,3)32-19(29)12-22(31)6-8-27(9-7-22)17-11-13(23)16(10-14(17)24)25-15-4-5-18(28)26-20(15)30/h10-11,15,25,31H,4-9,12H2,1-3H3,(H,26,28,30). The molecule has 3 N–H and O–H groups in total. The summed E-state index contributed by atoms with van der Waals surface area (Å²) in [5.41, 5.74) is -0.497. The molecule has 0 spiro atoms. The number of halogens is 2. The zero-order chi connectivity index (χ0) is 23.7. The summed E-state index contributed by atoms with van der Waals surface area (Å²) in [7, 11) is 0. The lowest BCUT2D eigenvalue weighted by Gasteiger charge is -2.39. The van der Waals surface area contributed by atoms with Crippen LogP contribution in [0.4, 0.5) is 11.4 Å². The van der Waals surface area contributed by atoms with E-state index in [0.717, 1.165) is 0 Å². The van der Waals surface area contributed by atoms with E-state index in [4.69, 9.17) is 27.9 Å².